The van der Waals surface area contributed by atoms with E-state index in [-0.39, 0.29) is 31.0 Å². The molecule has 2 aromatic rings. The molecule has 0 aliphatic carbocycles. The summed E-state index contributed by atoms with van der Waals surface area (Å²) in [5.74, 6) is -0.221. The van der Waals surface area contributed by atoms with Crippen LogP contribution in [0.2, 0.25) is 0 Å². The summed E-state index contributed by atoms with van der Waals surface area (Å²) in [5.41, 5.74) is 0.279. The average molecular weight is 306 g/mol. The van der Waals surface area contributed by atoms with Gasteiger partial charge in [0.2, 0.25) is 5.91 Å². The van der Waals surface area contributed by atoms with Crippen molar-refractivity contribution in [3.05, 3.63) is 34.6 Å². The molecule has 0 bridgehead atoms. The smallest absolute Gasteiger partial charge is 0.277 e. The third kappa shape index (κ3) is 3.86. The van der Waals surface area contributed by atoms with Crippen LogP contribution in [0.4, 0.5) is 0 Å². The van der Waals surface area contributed by atoms with Crippen LogP contribution in [0.5, 0.6) is 0 Å². The summed E-state index contributed by atoms with van der Waals surface area (Å²) in [6.45, 7) is 0.400. The van der Waals surface area contributed by atoms with E-state index in [1.807, 2.05) is 0 Å². The molecular formula is C14H18N4O4. The molecular weight excluding hydrogens is 288 g/mol. The molecule has 0 unspecified atom stereocenters. The standard InChI is InChI=1S/C14H18N4O4/c1-21-13(22-2)9-15-12(19)7-8-18-14(20)10-5-3-4-6-11(10)16-17-18/h3-6,13H,7-9H2,1-2H3,(H,15,19). The summed E-state index contributed by atoms with van der Waals surface area (Å²) < 4.78 is 11.1. The van der Waals surface area contributed by atoms with Gasteiger partial charge in [0.05, 0.1) is 18.5 Å². The third-order valence-electron chi connectivity index (χ3n) is 3.17. The molecule has 0 aliphatic rings. The van der Waals surface area contributed by atoms with Crippen LogP contribution in [0.1, 0.15) is 6.42 Å². The molecule has 8 nitrogen and oxygen atoms in total. The monoisotopic (exact) mass is 306 g/mol. The maximum atomic E-state index is 12.2. The Balaban J connectivity index is 1.96. The zero-order chi connectivity index (χ0) is 15.9. The number of hydrogen-bond donors (Lipinski definition) is 1. The largest absolute Gasteiger partial charge is 0.354 e. The third-order valence-corrected chi connectivity index (χ3v) is 3.17. The van der Waals surface area contributed by atoms with Crippen LogP contribution in [-0.2, 0) is 20.8 Å². The molecule has 0 fully saturated rings. The molecule has 118 valence electrons. The average Bonchev–Trinajstić information content (AvgIpc) is 2.55. The fourth-order valence-corrected chi connectivity index (χ4v) is 1.93. The molecule has 1 N–H and O–H groups in total. The second-order valence-electron chi connectivity index (χ2n) is 4.59. The number of carbonyl (C=O) groups excluding carboxylic acids is 1. The minimum Gasteiger partial charge on any atom is -0.354 e. The highest BCUT2D eigenvalue weighted by atomic mass is 16.7. The first-order valence-corrected chi connectivity index (χ1v) is 6.80. The van der Waals surface area contributed by atoms with Gasteiger partial charge in [-0.15, -0.1) is 5.10 Å². The number of nitrogens with one attached hydrogen (secondary N) is 1. The van der Waals surface area contributed by atoms with E-state index >= 15 is 0 Å². The SMILES string of the molecule is COC(CNC(=O)CCn1nnc2ccccc2c1=O)OC. The highest BCUT2D eigenvalue weighted by Crippen LogP contribution is 2.03. The van der Waals surface area contributed by atoms with Crippen molar-refractivity contribution < 1.29 is 14.3 Å². The van der Waals surface area contributed by atoms with Crippen molar-refractivity contribution in [2.45, 2.75) is 19.3 Å². The van der Waals surface area contributed by atoms with E-state index in [0.29, 0.717) is 10.9 Å². The summed E-state index contributed by atoms with van der Waals surface area (Å²) in [7, 11) is 2.98. The number of carbonyl (C=O) groups is 1. The maximum Gasteiger partial charge on any atom is 0.277 e. The van der Waals surface area contributed by atoms with E-state index < -0.39 is 6.29 Å². The lowest BCUT2D eigenvalue weighted by atomic mass is 10.2. The minimum absolute atomic E-state index is 0.118. The summed E-state index contributed by atoms with van der Waals surface area (Å²) >= 11 is 0. The molecule has 0 saturated heterocycles. The summed E-state index contributed by atoms with van der Waals surface area (Å²) in [6, 6.07) is 6.95. The molecule has 0 radical (unpaired) electrons. The van der Waals surface area contributed by atoms with Crippen LogP contribution < -0.4 is 10.9 Å². The number of aromatic nitrogens is 3. The zero-order valence-electron chi connectivity index (χ0n) is 12.5. The van der Waals surface area contributed by atoms with Crippen LogP contribution in [0.3, 0.4) is 0 Å². The van der Waals surface area contributed by atoms with E-state index in [1.54, 1.807) is 24.3 Å². The van der Waals surface area contributed by atoms with Crippen molar-refractivity contribution in [3.8, 4) is 0 Å². The summed E-state index contributed by atoms with van der Waals surface area (Å²) in [5, 5.41) is 10.9. The lowest BCUT2D eigenvalue weighted by Gasteiger charge is -2.14. The maximum absolute atomic E-state index is 12.2. The predicted octanol–water partition coefficient (Wildman–Crippen LogP) is -0.0833. The topological polar surface area (TPSA) is 95.3 Å². The first-order valence-electron chi connectivity index (χ1n) is 6.80. The quantitative estimate of drug-likeness (QED) is 0.719. The molecule has 2 rings (SSSR count). The Hall–Kier alpha value is -2.32. The first kappa shape index (κ1) is 16.1. The van der Waals surface area contributed by atoms with Crippen LogP contribution in [0.15, 0.2) is 29.1 Å². The van der Waals surface area contributed by atoms with Crippen molar-refractivity contribution in [1.29, 1.82) is 0 Å². The molecule has 8 heteroatoms. The molecule has 1 amide bonds. The first-order chi connectivity index (χ1) is 10.7. The van der Waals surface area contributed by atoms with Crippen LogP contribution in [0, 0.1) is 0 Å². The molecule has 0 spiro atoms. The Morgan fingerprint density at radius 1 is 1.32 bits per heavy atom. The minimum atomic E-state index is -0.493. The van der Waals surface area contributed by atoms with Gasteiger partial charge in [0.1, 0.15) is 5.52 Å². The lowest BCUT2D eigenvalue weighted by molar-refractivity contribution is -0.127. The van der Waals surface area contributed by atoms with Gasteiger partial charge in [-0.25, -0.2) is 4.68 Å². The van der Waals surface area contributed by atoms with Crippen LogP contribution in [0.25, 0.3) is 10.9 Å². The normalized spacial score (nSPS) is 11.0. The second-order valence-corrected chi connectivity index (χ2v) is 4.59. The summed E-state index contributed by atoms with van der Waals surface area (Å²) in [6.07, 6.45) is -0.375. The van der Waals surface area contributed by atoms with E-state index in [4.69, 9.17) is 9.47 Å². The van der Waals surface area contributed by atoms with Gasteiger partial charge >= 0.3 is 0 Å². The van der Waals surface area contributed by atoms with Gasteiger partial charge in [-0.3, -0.25) is 9.59 Å². The van der Waals surface area contributed by atoms with Gasteiger partial charge < -0.3 is 14.8 Å². The zero-order valence-corrected chi connectivity index (χ0v) is 12.5. The molecule has 1 aromatic heterocycles. The number of nitrogens with zero attached hydrogens (tertiary/aromatic N) is 3. The Morgan fingerprint density at radius 2 is 2.05 bits per heavy atom. The van der Waals surface area contributed by atoms with Crippen molar-refractivity contribution in [2.24, 2.45) is 0 Å². The fourth-order valence-electron chi connectivity index (χ4n) is 1.93. The van der Waals surface area contributed by atoms with Gasteiger partial charge in [0, 0.05) is 20.6 Å². The Labute approximate surface area is 127 Å². The number of aryl methyl sites for hydroxylation is 1. The number of fused-ring (bicyclic) bond motifs is 1. The van der Waals surface area contributed by atoms with E-state index in [0.717, 1.165) is 0 Å². The van der Waals surface area contributed by atoms with Gasteiger partial charge in [-0.1, -0.05) is 17.3 Å². The summed E-state index contributed by atoms with van der Waals surface area (Å²) in [4.78, 5) is 23.9. The van der Waals surface area contributed by atoms with E-state index in [1.165, 1.54) is 18.9 Å². The number of benzene rings is 1. The van der Waals surface area contributed by atoms with Crippen LogP contribution >= 0.6 is 0 Å². The Morgan fingerprint density at radius 3 is 2.77 bits per heavy atom. The second kappa shape index (κ2) is 7.62. The number of ether oxygens (including phenoxy) is 2. The van der Waals surface area contributed by atoms with E-state index in [2.05, 4.69) is 15.6 Å². The van der Waals surface area contributed by atoms with Crippen molar-refractivity contribution in [3.63, 3.8) is 0 Å². The molecule has 22 heavy (non-hydrogen) atoms. The predicted molar refractivity (Wildman–Crippen MR) is 79.2 cm³/mol. The highest BCUT2D eigenvalue weighted by molar-refractivity contribution is 5.77. The number of methoxy groups -OCH3 is 2. The number of amides is 1. The molecule has 1 aromatic carbocycles. The van der Waals surface area contributed by atoms with E-state index in [9.17, 15) is 9.59 Å². The fraction of sp³-hybridized carbons (Fsp3) is 0.429. The lowest BCUT2D eigenvalue weighted by Crippen LogP contribution is -2.35. The Kier molecular flexibility index (Phi) is 5.56. The van der Waals surface area contributed by atoms with Gasteiger partial charge in [0.25, 0.3) is 5.56 Å². The molecule has 0 saturated carbocycles. The molecule has 0 aliphatic heterocycles. The van der Waals surface area contributed by atoms with Gasteiger partial charge in [0.15, 0.2) is 6.29 Å². The number of hydrogen-bond acceptors (Lipinski definition) is 6. The van der Waals surface area contributed by atoms with Crippen molar-refractivity contribution >= 4 is 16.8 Å². The Bertz CT molecular complexity index is 697. The number of rotatable bonds is 7. The van der Waals surface area contributed by atoms with Gasteiger partial charge in [-0.2, -0.15) is 0 Å². The molecule has 0 atom stereocenters. The highest BCUT2D eigenvalue weighted by Gasteiger charge is 2.10. The van der Waals surface area contributed by atoms with Crippen molar-refractivity contribution in [1.82, 2.24) is 20.3 Å². The van der Waals surface area contributed by atoms with Gasteiger partial charge in [-0.05, 0) is 12.1 Å². The van der Waals surface area contributed by atoms with Crippen molar-refractivity contribution in [2.75, 3.05) is 20.8 Å². The van der Waals surface area contributed by atoms with Crippen LogP contribution in [-0.4, -0.2) is 48.0 Å². The molecule has 1 heterocycles.